The van der Waals surface area contributed by atoms with Crippen molar-refractivity contribution in [2.75, 3.05) is 5.48 Å². The van der Waals surface area contributed by atoms with Crippen LogP contribution in [0.5, 0.6) is 0 Å². The van der Waals surface area contributed by atoms with E-state index in [1.54, 1.807) is 60.7 Å². The third-order valence-electron chi connectivity index (χ3n) is 3.33. The van der Waals surface area contributed by atoms with Crippen molar-refractivity contribution in [1.82, 2.24) is 4.98 Å². The molecule has 0 bridgehead atoms. The van der Waals surface area contributed by atoms with Gasteiger partial charge in [0.05, 0.1) is 16.9 Å². The van der Waals surface area contributed by atoms with E-state index in [9.17, 15) is 9.59 Å². The average molecular weight is 381 g/mol. The van der Waals surface area contributed by atoms with Crippen molar-refractivity contribution in [3.63, 3.8) is 0 Å². The van der Waals surface area contributed by atoms with Crippen molar-refractivity contribution in [2.45, 2.75) is 0 Å². The van der Waals surface area contributed by atoms with E-state index in [4.69, 9.17) is 16.4 Å². The topological polar surface area (TPSA) is 93.0 Å². The summed E-state index contributed by atoms with van der Waals surface area (Å²) in [7, 11) is 0. The van der Waals surface area contributed by atoms with Gasteiger partial charge in [-0.05, 0) is 54.6 Å². The Morgan fingerprint density at radius 2 is 1.81 bits per heavy atom. The number of amides is 1. The zero-order chi connectivity index (χ0) is 19.1. The van der Waals surface area contributed by atoms with E-state index < -0.39 is 11.9 Å². The molecule has 1 aromatic heterocycles. The van der Waals surface area contributed by atoms with Gasteiger partial charge in [0, 0.05) is 11.2 Å². The number of rotatable bonds is 5. The molecule has 134 valence electrons. The van der Waals surface area contributed by atoms with Crippen molar-refractivity contribution in [2.24, 2.45) is 10.2 Å². The minimum absolute atomic E-state index is 0.215. The first-order valence-electron chi connectivity index (χ1n) is 7.82. The number of aromatic nitrogens is 1. The second kappa shape index (κ2) is 8.68. The van der Waals surface area contributed by atoms with Gasteiger partial charge in [-0.3, -0.25) is 9.78 Å². The second-order valence-corrected chi connectivity index (χ2v) is 5.71. The Kier molecular flexibility index (Phi) is 5.86. The molecule has 3 rings (SSSR count). The summed E-state index contributed by atoms with van der Waals surface area (Å²) in [6.07, 6.45) is 1.51. The van der Waals surface area contributed by atoms with E-state index in [1.165, 1.54) is 12.3 Å². The minimum atomic E-state index is -0.567. The number of carbonyl (C=O) groups is 2. The monoisotopic (exact) mass is 380 g/mol. The highest BCUT2D eigenvalue weighted by Crippen LogP contribution is 2.18. The maximum atomic E-state index is 11.9. The first kappa shape index (κ1) is 18.2. The highest BCUT2D eigenvalue weighted by Gasteiger charge is 2.08. The first-order chi connectivity index (χ1) is 13.1. The fraction of sp³-hybridized carbons (Fsp3) is 0. The summed E-state index contributed by atoms with van der Waals surface area (Å²) >= 11 is 5.84. The molecule has 7 nitrogen and oxygen atoms in total. The van der Waals surface area contributed by atoms with Crippen LogP contribution in [0.1, 0.15) is 20.8 Å². The minimum Gasteiger partial charge on any atom is -0.338 e. The summed E-state index contributed by atoms with van der Waals surface area (Å²) in [5.41, 5.74) is 4.07. The molecule has 0 atom stereocenters. The molecule has 1 heterocycles. The summed E-state index contributed by atoms with van der Waals surface area (Å²) in [5.74, 6) is -1.10. The molecule has 0 fully saturated rings. The molecule has 0 aliphatic rings. The van der Waals surface area contributed by atoms with Gasteiger partial charge < -0.3 is 4.84 Å². The molecule has 0 unspecified atom stereocenters. The summed E-state index contributed by atoms with van der Waals surface area (Å²) in [4.78, 5) is 32.7. The van der Waals surface area contributed by atoms with Crippen LogP contribution in [0, 0.1) is 0 Å². The lowest BCUT2D eigenvalue weighted by atomic mass is 10.2. The Hall–Kier alpha value is -3.58. The maximum absolute atomic E-state index is 11.9. The highest BCUT2D eigenvalue weighted by molar-refractivity contribution is 6.30. The van der Waals surface area contributed by atoms with Gasteiger partial charge in [-0.15, -0.1) is 10.2 Å². The summed E-state index contributed by atoms with van der Waals surface area (Å²) in [5, 5.41) is 7.93. The van der Waals surface area contributed by atoms with Gasteiger partial charge >= 0.3 is 11.9 Å². The fourth-order valence-electron chi connectivity index (χ4n) is 2.02. The van der Waals surface area contributed by atoms with Crippen LogP contribution in [-0.4, -0.2) is 16.9 Å². The molecular weight excluding hydrogens is 368 g/mol. The molecule has 27 heavy (non-hydrogen) atoms. The molecule has 3 aromatic rings. The van der Waals surface area contributed by atoms with Crippen molar-refractivity contribution in [1.29, 1.82) is 0 Å². The zero-order valence-corrected chi connectivity index (χ0v) is 14.6. The van der Waals surface area contributed by atoms with Crippen LogP contribution in [0.4, 0.5) is 11.4 Å². The number of nitrogens with zero attached hydrogens (tertiary/aromatic N) is 3. The summed E-state index contributed by atoms with van der Waals surface area (Å²) in [6, 6.07) is 17.9. The van der Waals surface area contributed by atoms with Crippen LogP contribution in [0.3, 0.4) is 0 Å². The lowest BCUT2D eigenvalue weighted by molar-refractivity contribution is 0.0596. The van der Waals surface area contributed by atoms with Crippen LogP contribution in [-0.2, 0) is 4.84 Å². The highest BCUT2D eigenvalue weighted by atomic mass is 35.5. The van der Waals surface area contributed by atoms with Gasteiger partial charge in [-0.1, -0.05) is 23.7 Å². The van der Waals surface area contributed by atoms with Crippen LogP contribution in [0.25, 0.3) is 0 Å². The predicted molar refractivity (Wildman–Crippen MR) is 100 cm³/mol. The van der Waals surface area contributed by atoms with E-state index in [1.807, 2.05) is 0 Å². The first-order valence-corrected chi connectivity index (χ1v) is 8.19. The normalized spacial score (nSPS) is 10.6. The van der Waals surface area contributed by atoms with E-state index >= 15 is 0 Å². The Labute approximate surface area is 159 Å². The number of halogens is 1. The molecule has 0 radical (unpaired) electrons. The van der Waals surface area contributed by atoms with E-state index in [-0.39, 0.29) is 5.69 Å². The van der Waals surface area contributed by atoms with Crippen molar-refractivity contribution >= 4 is 34.9 Å². The van der Waals surface area contributed by atoms with Gasteiger partial charge in [0.15, 0.2) is 0 Å². The molecule has 1 amide bonds. The number of carbonyl (C=O) groups excluding carboxylic acids is 2. The standard InChI is InChI=1S/C19H13ClN4O3/c20-14-5-3-4-13(12-14)19(26)27-24-16-9-7-15(8-10-16)22-23-18(25)17-6-1-2-11-21-17/h1-12,24H. The van der Waals surface area contributed by atoms with Crippen LogP contribution >= 0.6 is 11.6 Å². The molecule has 0 saturated heterocycles. The third kappa shape index (κ3) is 5.20. The van der Waals surface area contributed by atoms with Gasteiger partial charge in [0.25, 0.3) is 0 Å². The Bertz CT molecular complexity index is 976. The Morgan fingerprint density at radius 1 is 1.00 bits per heavy atom. The van der Waals surface area contributed by atoms with Gasteiger partial charge in [0.2, 0.25) is 0 Å². The third-order valence-corrected chi connectivity index (χ3v) is 3.56. The Balaban J connectivity index is 1.56. The lowest BCUT2D eigenvalue weighted by Crippen LogP contribution is -2.10. The largest absolute Gasteiger partial charge is 0.362 e. The number of hydrogen-bond acceptors (Lipinski definition) is 6. The van der Waals surface area contributed by atoms with E-state index in [0.717, 1.165) is 0 Å². The number of benzene rings is 2. The molecule has 8 heteroatoms. The van der Waals surface area contributed by atoms with Crippen molar-refractivity contribution < 1.29 is 14.4 Å². The SMILES string of the molecule is O=C(ONc1ccc(N=NC(=O)c2ccccn2)cc1)c1cccc(Cl)c1. The predicted octanol–water partition coefficient (Wildman–Crippen LogP) is 4.84. The van der Waals surface area contributed by atoms with E-state index in [2.05, 4.69) is 20.7 Å². The van der Waals surface area contributed by atoms with Crippen LogP contribution < -0.4 is 5.48 Å². The molecular formula is C19H13ClN4O3. The molecule has 2 aromatic carbocycles. The van der Waals surface area contributed by atoms with Crippen LogP contribution in [0.15, 0.2) is 83.2 Å². The smallest absolute Gasteiger partial charge is 0.338 e. The average Bonchev–Trinajstić information content (AvgIpc) is 2.71. The summed E-state index contributed by atoms with van der Waals surface area (Å²) in [6.45, 7) is 0. The molecule has 0 saturated carbocycles. The van der Waals surface area contributed by atoms with Crippen molar-refractivity contribution in [3.8, 4) is 0 Å². The van der Waals surface area contributed by atoms with Gasteiger partial charge in [0.1, 0.15) is 5.69 Å². The number of pyridine rings is 1. The zero-order valence-electron chi connectivity index (χ0n) is 13.9. The number of azo groups is 1. The second-order valence-electron chi connectivity index (χ2n) is 5.27. The number of nitrogens with one attached hydrogen (secondary N) is 1. The van der Waals surface area contributed by atoms with Gasteiger partial charge in [-0.2, -0.15) is 0 Å². The summed E-state index contributed by atoms with van der Waals surface area (Å²) < 4.78 is 0. The molecule has 0 spiro atoms. The van der Waals surface area contributed by atoms with Crippen LogP contribution in [0.2, 0.25) is 5.02 Å². The van der Waals surface area contributed by atoms with E-state index in [0.29, 0.717) is 22.0 Å². The quantitative estimate of drug-likeness (QED) is 0.504. The molecule has 1 N–H and O–H groups in total. The Morgan fingerprint density at radius 3 is 2.52 bits per heavy atom. The van der Waals surface area contributed by atoms with Crippen molar-refractivity contribution in [3.05, 3.63) is 89.2 Å². The number of hydrogen-bond donors (Lipinski definition) is 1. The number of anilines is 1. The van der Waals surface area contributed by atoms with Gasteiger partial charge in [-0.25, -0.2) is 10.3 Å². The molecule has 0 aliphatic carbocycles. The lowest BCUT2D eigenvalue weighted by Gasteiger charge is -2.07. The maximum Gasteiger partial charge on any atom is 0.362 e. The fourth-order valence-corrected chi connectivity index (χ4v) is 2.21. The molecule has 0 aliphatic heterocycles.